The molecule has 0 bridgehead atoms. The lowest BCUT2D eigenvalue weighted by molar-refractivity contribution is 0.782. The lowest BCUT2D eigenvalue weighted by atomic mass is 10.3. The summed E-state index contributed by atoms with van der Waals surface area (Å²) in [4.78, 5) is 4.69. The highest BCUT2D eigenvalue weighted by atomic mass is 32.2. The number of aromatic nitrogens is 3. The van der Waals surface area contributed by atoms with Crippen LogP contribution in [0.1, 0.15) is 31.5 Å². The van der Waals surface area contributed by atoms with E-state index in [2.05, 4.69) is 23.8 Å². The van der Waals surface area contributed by atoms with E-state index in [0.29, 0.717) is 5.92 Å². The fourth-order valence-corrected chi connectivity index (χ4v) is 2.59. The zero-order valence-electron chi connectivity index (χ0n) is 11.0. The van der Waals surface area contributed by atoms with Gasteiger partial charge in [-0.15, -0.1) is 5.10 Å². The molecule has 1 heterocycles. The van der Waals surface area contributed by atoms with Crippen molar-refractivity contribution >= 4 is 11.8 Å². The summed E-state index contributed by atoms with van der Waals surface area (Å²) in [5.41, 5.74) is 2.24. The fraction of sp³-hybridized carbons (Fsp3) is 0.333. The second-order valence-corrected chi connectivity index (χ2v) is 5.96. The molecule has 3 rings (SSSR count). The second kappa shape index (κ2) is 5.21. The van der Waals surface area contributed by atoms with Crippen LogP contribution >= 0.6 is 11.8 Å². The van der Waals surface area contributed by atoms with E-state index < -0.39 is 0 Å². The third-order valence-corrected chi connectivity index (χ3v) is 4.07. The van der Waals surface area contributed by atoms with Crippen LogP contribution in [-0.2, 0) is 0 Å². The molecule has 2 aromatic rings. The van der Waals surface area contributed by atoms with E-state index in [1.54, 1.807) is 11.8 Å². The first-order valence-corrected chi connectivity index (χ1v) is 7.52. The molecule has 4 heteroatoms. The lowest BCUT2D eigenvalue weighted by Crippen LogP contribution is -2.01. The topological polar surface area (TPSA) is 30.7 Å². The predicted molar refractivity (Wildman–Crippen MR) is 78.9 cm³/mol. The largest absolute Gasteiger partial charge is 0.216 e. The summed E-state index contributed by atoms with van der Waals surface area (Å²) in [7, 11) is 0. The maximum absolute atomic E-state index is 4.69. The summed E-state index contributed by atoms with van der Waals surface area (Å²) >= 11 is 1.66. The minimum Gasteiger partial charge on any atom is -0.216 e. The van der Waals surface area contributed by atoms with Crippen molar-refractivity contribution in [1.29, 1.82) is 0 Å². The number of hydrogen-bond donors (Lipinski definition) is 0. The number of nitrogens with zero attached hydrogens (tertiary/aromatic N) is 3. The highest BCUT2D eigenvalue weighted by Crippen LogP contribution is 2.40. The molecule has 98 valence electrons. The standard InChI is InChI=1S/C15H17N3S/c1-11(2)10-19-15-16-14(12-8-9-12)18(17-15)13-6-4-3-5-7-13/h3-7,12H,1,8-10H2,2H3. The van der Waals surface area contributed by atoms with Gasteiger partial charge in [0.1, 0.15) is 5.82 Å². The Bertz CT molecular complexity index is 585. The van der Waals surface area contributed by atoms with Crippen LogP contribution in [0.3, 0.4) is 0 Å². The number of thioether (sulfide) groups is 1. The highest BCUT2D eigenvalue weighted by Gasteiger charge is 2.30. The maximum atomic E-state index is 4.69. The molecule has 19 heavy (non-hydrogen) atoms. The van der Waals surface area contributed by atoms with Crippen molar-refractivity contribution in [2.75, 3.05) is 5.75 Å². The molecule has 0 N–H and O–H groups in total. The molecule has 3 nitrogen and oxygen atoms in total. The fourth-order valence-electron chi connectivity index (χ4n) is 1.92. The van der Waals surface area contributed by atoms with Crippen molar-refractivity contribution in [2.24, 2.45) is 0 Å². The first-order chi connectivity index (χ1) is 9.24. The van der Waals surface area contributed by atoms with Gasteiger partial charge in [0.05, 0.1) is 5.69 Å². The highest BCUT2D eigenvalue weighted by molar-refractivity contribution is 7.99. The minimum atomic E-state index is 0.590. The van der Waals surface area contributed by atoms with E-state index in [1.165, 1.54) is 12.8 Å². The van der Waals surface area contributed by atoms with E-state index in [4.69, 9.17) is 4.98 Å². The van der Waals surface area contributed by atoms with Crippen molar-refractivity contribution in [2.45, 2.75) is 30.8 Å². The van der Waals surface area contributed by atoms with Crippen molar-refractivity contribution < 1.29 is 0 Å². The average molecular weight is 271 g/mol. The monoisotopic (exact) mass is 271 g/mol. The SMILES string of the molecule is C=C(C)CSc1nc(C2CC2)n(-c2ccccc2)n1. The zero-order chi connectivity index (χ0) is 13.2. The molecule has 0 saturated heterocycles. The van der Waals surface area contributed by atoms with Crippen molar-refractivity contribution in [3.63, 3.8) is 0 Å². The number of rotatable bonds is 5. The van der Waals surface area contributed by atoms with E-state index in [9.17, 15) is 0 Å². The molecule has 1 aromatic heterocycles. The minimum absolute atomic E-state index is 0.590. The normalized spacial score (nSPS) is 14.6. The molecule has 0 aliphatic heterocycles. The molecule has 1 fully saturated rings. The van der Waals surface area contributed by atoms with Crippen LogP contribution in [0.15, 0.2) is 47.6 Å². The Labute approximate surface area is 117 Å². The van der Waals surface area contributed by atoms with Crippen LogP contribution in [0.5, 0.6) is 0 Å². The molecule has 1 aliphatic rings. The Morgan fingerprint density at radius 3 is 2.74 bits per heavy atom. The zero-order valence-corrected chi connectivity index (χ0v) is 11.9. The molecule has 1 saturated carbocycles. The van der Waals surface area contributed by atoms with Gasteiger partial charge in [-0.1, -0.05) is 42.1 Å². The van der Waals surface area contributed by atoms with Gasteiger partial charge in [0.15, 0.2) is 0 Å². The number of para-hydroxylation sites is 1. The number of benzene rings is 1. The van der Waals surface area contributed by atoms with Gasteiger partial charge < -0.3 is 0 Å². The van der Waals surface area contributed by atoms with E-state index in [0.717, 1.165) is 28.0 Å². The van der Waals surface area contributed by atoms with Gasteiger partial charge >= 0.3 is 0 Å². The Balaban J connectivity index is 1.91. The van der Waals surface area contributed by atoms with Gasteiger partial charge in [0.2, 0.25) is 5.16 Å². The molecule has 0 radical (unpaired) electrons. The van der Waals surface area contributed by atoms with Crippen LogP contribution < -0.4 is 0 Å². The van der Waals surface area contributed by atoms with Gasteiger partial charge in [0.25, 0.3) is 0 Å². The van der Waals surface area contributed by atoms with Gasteiger partial charge in [-0.2, -0.15) is 0 Å². The van der Waals surface area contributed by atoms with E-state index in [1.807, 2.05) is 29.8 Å². The van der Waals surface area contributed by atoms with E-state index in [-0.39, 0.29) is 0 Å². The molecule has 0 amide bonds. The van der Waals surface area contributed by atoms with E-state index >= 15 is 0 Å². The quantitative estimate of drug-likeness (QED) is 0.612. The van der Waals surface area contributed by atoms with Crippen molar-refractivity contribution in [3.8, 4) is 5.69 Å². The third-order valence-electron chi connectivity index (χ3n) is 3.00. The van der Waals surface area contributed by atoms with Crippen molar-refractivity contribution in [3.05, 3.63) is 48.3 Å². The maximum Gasteiger partial charge on any atom is 0.209 e. The average Bonchev–Trinajstić information content (AvgIpc) is 3.17. The van der Waals surface area contributed by atoms with Crippen LogP contribution in [0, 0.1) is 0 Å². The van der Waals surface area contributed by atoms with Crippen LogP contribution in [0.2, 0.25) is 0 Å². The third kappa shape index (κ3) is 2.89. The first kappa shape index (κ1) is 12.5. The van der Waals surface area contributed by atoms with Gasteiger partial charge in [0, 0.05) is 11.7 Å². The molecule has 1 aromatic carbocycles. The van der Waals surface area contributed by atoms with Crippen LogP contribution in [0.4, 0.5) is 0 Å². The molecular weight excluding hydrogens is 254 g/mol. The first-order valence-electron chi connectivity index (χ1n) is 6.53. The molecule has 1 aliphatic carbocycles. The van der Waals surface area contributed by atoms with Crippen molar-refractivity contribution in [1.82, 2.24) is 14.8 Å². The molecule has 0 unspecified atom stereocenters. The molecular formula is C15H17N3S. The summed E-state index contributed by atoms with van der Waals surface area (Å²) < 4.78 is 2.00. The summed E-state index contributed by atoms with van der Waals surface area (Å²) in [5, 5.41) is 5.50. The molecule has 0 atom stereocenters. The summed E-state index contributed by atoms with van der Waals surface area (Å²) in [6, 6.07) is 10.2. The number of hydrogen-bond acceptors (Lipinski definition) is 3. The van der Waals surface area contributed by atoms with Gasteiger partial charge in [-0.3, -0.25) is 0 Å². The predicted octanol–water partition coefficient (Wildman–Crippen LogP) is 3.81. The summed E-state index contributed by atoms with van der Waals surface area (Å²) in [6.45, 7) is 5.95. The Kier molecular flexibility index (Phi) is 3.42. The van der Waals surface area contributed by atoms with Gasteiger partial charge in [-0.05, 0) is 31.9 Å². The summed E-state index contributed by atoms with van der Waals surface area (Å²) in [5.74, 6) is 2.57. The smallest absolute Gasteiger partial charge is 0.209 e. The second-order valence-electron chi connectivity index (χ2n) is 5.02. The Hall–Kier alpha value is -1.55. The Morgan fingerprint density at radius 2 is 2.11 bits per heavy atom. The van der Waals surface area contributed by atoms with Gasteiger partial charge in [-0.25, -0.2) is 9.67 Å². The Morgan fingerprint density at radius 1 is 1.37 bits per heavy atom. The molecule has 0 spiro atoms. The summed E-state index contributed by atoms with van der Waals surface area (Å²) in [6.07, 6.45) is 2.46. The lowest BCUT2D eigenvalue weighted by Gasteiger charge is -2.03. The van der Waals surface area contributed by atoms with Crippen LogP contribution in [-0.4, -0.2) is 20.5 Å². The van der Waals surface area contributed by atoms with Crippen LogP contribution in [0.25, 0.3) is 5.69 Å².